The van der Waals surface area contributed by atoms with Crippen molar-refractivity contribution in [1.29, 1.82) is 0 Å². The van der Waals surface area contributed by atoms with Crippen LogP contribution in [0.3, 0.4) is 0 Å². The summed E-state index contributed by atoms with van der Waals surface area (Å²) in [5.74, 6) is 0.522. The van der Waals surface area contributed by atoms with Crippen molar-refractivity contribution >= 4 is 11.8 Å². The average molecular weight is 294 g/mol. The lowest BCUT2D eigenvalue weighted by atomic mass is 10.3. The zero-order valence-corrected chi connectivity index (χ0v) is 11.5. The predicted molar refractivity (Wildman–Crippen MR) is 71.8 cm³/mol. The number of rotatable bonds is 4. The fourth-order valence-corrected chi connectivity index (χ4v) is 1.21. The van der Waals surface area contributed by atoms with Gasteiger partial charge < -0.3 is 13.9 Å². The number of carbonyl (C=O) groups excluding carboxylic acids is 1. The first-order valence-corrected chi connectivity index (χ1v) is 6.11. The first kappa shape index (κ1) is 16.2. The van der Waals surface area contributed by atoms with Crippen LogP contribution in [0.5, 0.6) is 5.75 Å². The molecule has 1 aromatic carbocycles. The van der Waals surface area contributed by atoms with E-state index in [0.29, 0.717) is 5.76 Å². The van der Waals surface area contributed by atoms with Crippen LogP contribution in [0.15, 0.2) is 41.3 Å². The molecule has 0 atom stereocenters. The van der Waals surface area contributed by atoms with Crippen LogP contribution in [0, 0.1) is 10.1 Å². The van der Waals surface area contributed by atoms with Gasteiger partial charge >= 0.3 is 6.16 Å². The molecule has 0 unspecified atom stereocenters. The van der Waals surface area contributed by atoms with Crippen LogP contribution in [0.25, 0.3) is 0 Å². The molecule has 0 aliphatic heterocycles. The third kappa shape index (κ3) is 5.31. The maximum Gasteiger partial charge on any atom is 0.514 e. The lowest BCUT2D eigenvalue weighted by Gasteiger charge is -2.03. The molecule has 8 nitrogen and oxygen atoms in total. The molecule has 2 aromatic rings. The fourth-order valence-electron chi connectivity index (χ4n) is 1.21. The predicted octanol–water partition coefficient (Wildman–Crippen LogP) is 3.32. The van der Waals surface area contributed by atoms with Gasteiger partial charge in [0, 0.05) is 12.1 Å². The van der Waals surface area contributed by atoms with Crippen molar-refractivity contribution in [2.24, 2.45) is 0 Å². The molecule has 0 fully saturated rings. The number of hydrogen-bond donors (Lipinski definition) is 0. The Labute approximate surface area is 120 Å². The van der Waals surface area contributed by atoms with Crippen molar-refractivity contribution in [3.05, 3.63) is 52.7 Å². The minimum atomic E-state index is -0.940. The molecule has 0 radical (unpaired) electrons. The van der Waals surface area contributed by atoms with Crippen LogP contribution in [-0.2, 0) is 11.3 Å². The van der Waals surface area contributed by atoms with Gasteiger partial charge in [0.25, 0.3) is 5.69 Å². The first-order valence-electron chi connectivity index (χ1n) is 6.11. The Morgan fingerprint density at radius 1 is 1.33 bits per heavy atom. The molecule has 0 aliphatic carbocycles. The maximum atomic E-state index is 11.3. The van der Waals surface area contributed by atoms with Gasteiger partial charge in [-0.1, -0.05) is 13.8 Å². The summed E-state index contributed by atoms with van der Waals surface area (Å²) in [5.41, 5.74) is -0.0950. The summed E-state index contributed by atoms with van der Waals surface area (Å²) in [5, 5.41) is 10.4. The normalized spacial score (nSPS) is 9.24. The van der Waals surface area contributed by atoms with E-state index in [1.165, 1.54) is 36.9 Å². The molecule has 0 bridgehead atoms. The number of non-ortho nitro benzene ring substituents is 1. The van der Waals surface area contributed by atoms with Gasteiger partial charge in [-0.3, -0.25) is 10.1 Å². The standard InChI is InChI=1S/C11H8N2O6.C2H6/c14-11(17-6-10-5-12-7-18-10)19-9-3-1-8(2-4-9)13(15)16;1-2/h1-5,7H,6H2;1-2H3. The molecule has 1 aromatic heterocycles. The van der Waals surface area contributed by atoms with Crippen LogP contribution in [0.2, 0.25) is 0 Å². The van der Waals surface area contributed by atoms with Gasteiger partial charge in [0.2, 0.25) is 0 Å². The quantitative estimate of drug-likeness (QED) is 0.368. The second kappa shape index (κ2) is 8.31. The third-order valence-electron chi connectivity index (χ3n) is 2.06. The van der Waals surface area contributed by atoms with Gasteiger partial charge in [-0.25, -0.2) is 9.78 Å². The number of carbonyl (C=O) groups is 1. The molecule has 8 heteroatoms. The van der Waals surface area contributed by atoms with Crippen molar-refractivity contribution in [3.8, 4) is 5.75 Å². The zero-order chi connectivity index (χ0) is 15.7. The second-order valence-corrected chi connectivity index (χ2v) is 3.36. The van der Waals surface area contributed by atoms with Crippen molar-refractivity contribution < 1.29 is 23.6 Å². The number of ether oxygens (including phenoxy) is 2. The third-order valence-corrected chi connectivity index (χ3v) is 2.06. The lowest BCUT2D eigenvalue weighted by Crippen LogP contribution is -2.10. The highest BCUT2D eigenvalue weighted by atomic mass is 16.7. The molecular weight excluding hydrogens is 280 g/mol. The Morgan fingerprint density at radius 3 is 2.52 bits per heavy atom. The first-order chi connectivity index (χ1) is 10.1. The summed E-state index contributed by atoms with van der Waals surface area (Å²) in [6.07, 6.45) is 1.67. The molecule has 0 amide bonds. The van der Waals surface area contributed by atoms with Gasteiger partial charge in [-0.05, 0) is 12.1 Å². The monoisotopic (exact) mass is 294 g/mol. The number of aromatic nitrogens is 1. The van der Waals surface area contributed by atoms with Crippen molar-refractivity contribution in [3.63, 3.8) is 0 Å². The van der Waals surface area contributed by atoms with Crippen LogP contribution in [-0.4, -0.2) is 16.1 Å². The Kier molecular flexibility index (Phi) is 6.39. The molecule has 1 heterocycles. The Bertz CT molecular complexity index is 565. The number of benzene rings is 1. The summed E-state index contributed by atoms with van der Waals surface area (Å²) in [7, 11) is 0. The fraction of sp³-hybridized carbons (Fsp3) is 0.231. The summed E-state index contributed by atoms with van der Waals surface area (Å²) >= 11 is 0. The average Bonchev–Trinajstić information content (AvgIpc) is 3.01. The van der Waals surface area contributed by atoms with Crippen LogP contribution >= 0.6 is 0 Å². The second-order valence-electron chi connectivity index (χ2n) is 3.36. The maximum absolute atomic E-state index is 11.3. The highest BCUT2D eigenvalue weighted by Gasteiger charge is 2.10. The summed E-state index contributed by atoms with van der Waals surface area (Å²) < 4.78 is 14.4. The van der Waals surface area contributed by atoms with E-state index in [9.17, 15) is 14.9 Å². The molecule has 0 saturated carbocycles. The van der Waals surface area contributed by atoms with Crippen LogP contribution in [0.4, 0.5) is 10.5 Å². The van der Waals surface area contributed by atoms with E-state index in [0.717, 1.165) is 0 Å². The Hall–Kier alpha value is -2.90. The molecule has 112 valence electrons. The SMILES string of the molecule is CC.O=C(OCc1cnco1)Oc1ccc([N+](=O)[O-])cc1. The van der Waals surface area contributed by atoms with E-state index in [4.69, 9.17) is 13.9 Å². The highest BCUT2D eigenvalue weighted by Crippen LogP contribution is 2.17. The minimum Gasteiger partial charge on any atom is -0.445 e. The van der Waals surface area contributed by atoms with Crippen molar-refractivity contribution in [2.45, 2.75) is 20.5 Å². The van der Waals surface area contributed by atoms with Crippen molar-refractivity contribution in [2.75, 3.05) is 0 Å². The Morgan fingerprint density at radius 2 is 2.00 bits per heavy atom. The molecule has 0 N–H and O–H groups in total. The van der Waals surface area contributed by atoms with E-state index in [2.05, 4.69) is 4.98 Å². The zero-order valence-electron chi connectivity index (χ0n) is 11.5. The minimum absolute atomic E-state index is 0.0950. The molecular formula is C13H14N2O6. The molecule has 0 spiro atoms. The molecule has 2 rings (SSSR count). The number of hydrogen-bond acceptors (Lipinski definition) is 7. The van der Waals surface area contributed by atoms with Gasteiger partial charge in [0.15, 0.2) is 18.8 Å². The Balaban J connectivity index is 0.00000106. The topological polar surface area (TPSA) is 105 Å². The molecule has 0 aliphatic rings. The van der Waals surface area contributed by atoms with E-state index in [1.807, 2.05) is 13.8 Å². The van der Waals surface area contributed by atoms with Crippen LogP contribution in [0.1, 0.15) is 19.6 Å². The van der Waals surface area contributed by atoms with Gasteiger partial charge in [0.1, 0.15) is 5.75 Å². The molecule has 0 saturated heterocycles. The number of oxazole rings is 1. The number of nitro groups is 1. The van der Waals surface area contributed by atoms with E-state index >= 15 is 0 Å². The molecule has 21 heavy (non-hydrogen) atoms. The van der Waals surface area contributed by atoms with E-state index in [1.54, 1.807) is 0 Å². The highest BCUT2D eigenvalue weighted by molar-refractivity contribution is 5.63. The van der Waals surface area contributed by atoms with E-state index < -0.39 is 11.1 Å². The van der Waals surface area contributed by atoms with Gasteiger partial charge in [-0.2, -0.15) is 0 Å². The number of nitrogens with zero attached hydrogens (tertiary/aromatic N) is 2. The largest absolute Gasteiger partial charge is 0.514 e. The number of nitro benzene ring substituents is 1. The van der Waals surface area contributed by atoms with E-state index in [-0.39, 0.29) is 18.0 Å². The van der Waals surface area contributed by atoms with Gasteiger partial charge in [0.05, 0.1) is 11.1 Å². The summed E-state index contributed by atoms with van der Waals surface area (Å²) in [6.45, 7) is 3.89. The van der Waals surface area contributed by atoms with Crippen molar-refractivity contribution in [1.82, 2.24) is 4.98 Å². The van der Waals surface area contributed by atoms with Crippen LogP contribution < -0.4 is 4.74 Å². The van der Waals surface area contributed by atoms with Gasteiger partial charge in [-0.15, -0.1) is 0 Å². The summed E-state index contributed by atoms with van der Waals surface area (Å²) in [6, 6.07) is 5.04. The smallest absolute Gasteiger partial charge is 0.445 e. The lowest BCUT2D eigenvalue weighted by molar-refractivity contribution is -0.384. The summed E-state index contributed by atoms with van der Waals surface area (Å²) in [4.78, 5) is 24.8.